The first-order valence-electron chi connectivity index (χ1n) is 12.9. The van der Waals surface area contributed by atoms with Crippen LogP contribution < -0.4 is 4.74 Å². The highest BCUT2D eigenvalue weighted by molar-refractivity contribution is 5.72. The van der Waals surface area contributed by atoms with Crippen molar-refractivity contribution in [2.24, 2.45) is 13.0 Å². The number of nitrogens with zero attached hydrogens (tertiary/aromatic N) is 4. The molecule has 9 heteroatoms. The van der Waals surface area contributed by atoms with Crippen molar-refractivity contribution in [2.45, 2.75) is 97.2 Å². The lowest BCUT2D eigenvalue weighted by molar-refractivity contribution is -0.169. The minimum atomic E-state index is -0.175. The molecule has 3 unspecified atom stereocenters. The van der Waals surface area contributed by atoms with Crippen LogP contribution in [0.25, 0.3) is 11.4 Å². The molecule has 0 bridgehead atoms. The van der Waals surface area contributed by atoms with Gasteiger partial charge in [-0.1, -0.05) is 6.92 Å². The summed E-state index contributed by atoms with van der Waals surface area (Å²) in [5.74, 6) is 1.04. The molecule has 1 aliphatic heterocycles. The summed E-state index contributed by atoms with van der Waals surface area (Å²) in [6.07, 6.45) is 10.4. The Morgan fingerprint density at radius 1 is 1.20 bits per heavy atom. The molecule has 192 valence electrons. The molecular formula is C26H38N4O5. The summed E-state index contributed by atoms with van der Waals surface area (Å²) >= 11 is 0. The SMILES string of the molecule is CCc1nc(-c2cnn(C)c2COC2CCCCO2)ncc1OC1CCCC(C(=O)OC(C)C)C1. The maximum Gasteiger partial charge on any atom is 0.309 e. The predicted octanol–water partition coefficient (Wildman–Crippen LogP) is 4.37. The molecule has 2 aromatic rings. The second-order valence-corrected chi connectivity index (χ2v) is 9.68. The summed E-state index contributed by atoms with van der Waals surface area (Å²) in [4.78, 5) is 21.8. The number of carbonyl (C=O) groups is 1. The van der Waals surface area contributed by atoms with Crippen LogP contribution in [0, 0.1) is 5.92 Å². The van der Waals surface area contributed by atoms with E-state index in [-0.39, 0.29) is 30.4 Å². The lowest BCUT2D eigenvalue weighted by atomic mass is 9.87. The Labute approximate surface area is 207 Å². The van der Waals surface area contributed by atoms with Gasteiger partial charge in [0.1, 0.15) is 0 Å². The fraction of sp³-hybridized carbons (Fsp3) is 0.692. The first-order chi connectivity index (χ1) is 16.9. The van der Waals surface area contributed by atoms with Gasteiger partial charge in [0, 0.05) is 13.7 Å². The topological polar surface area (TPSA) is 97.6 Å². The van der Waals surface area contributed by atoms with Gasteiger partial charge in [-0.2, -0.15) is 5.10 Å². The maximum atomic E-state index is 12.4. The van der Waals surface area contributed by atoms with Gasteiger partial charge >= 0.3 is 5.97 Å². The zero-order valence-electron chi connectivity index (χ0n) is 21.4. The van der Waals surface area contributed by atoms with Crippen LogP contribution in [-0.4, -0.2) is 50.8 Å². The van der Waals surface area contributed by atoms with Crippen LogP contribution in [0.5, 0.6) is 5.75 Å². The van der Waals surface area contributed by atoms with Crippen LogP contribution in [0.4, 0.5) is 0 Å². The van der Waals surface area contributed by atoms with Gasteiger partial charge in [0.15, 0.2) is 17.9 Å². The van der Waals surface area contributed by atoms with Gasteiger partial charge in [0.25, 0.3) is 0 Å². The number of hydrogen-bond acceptors (Lipinski definition) is 8. The van der Waals surface area contributed by atoms with E-state index in [2.05, 4.69) is 17.0 Å². The van der Waals surface area contributed by atoms with Crippen LogP contribution in [-0.2, 0) is 39.1 Å². The Morgan fingerprint density at radius 2 is 2.06 bits per heavy atom. The number of hydrogen-bond donors (Lipinski definition) is 0. The van der Waals surface area contributed by atoms with Crippen molar-refractivity contribution in [3.63, 3.8) is 0 Å². The summed E-state index contributed by atoms with van der Waals surface area (Å²) in [6.45, 7) is 6.94. The highest BCUT2D eigenvalue weighted by Gasteiger charge is 2.30. The van der Waals surface area contributed by atoms with Crippen LogP contribution in [0.15, 0.2) is 12.4 Å². The average Bonchev–Trinajstić information content (AvgIpc) is 3.23. The first kappa shape index (κ1) is 25.6. The van der Waals surface area contributed by atoms with Crippen molar-refractivity contribution < 1.29 is 23.7 Å². The minimum Gasteiger partial charge on any atom is -0.487 e. The van der Waals surface area contributed by atoms with Gasteiger partial charge in [-0.05, 0) is 65.2 Å². The first-order valence-corrected chi connectivity index (χ1v) is 12.9. The van der Waals surface area contributed by atoms with Gasteiger partial charge in [0.05, 0.1) is 54.1 Å². The molecule has 1 aliphatic carbocycles. The molecule has 0 N–H and O–H groups in total. The summed E-state index contributed by atoms with van der Waals surface area (Å²) in [5.41, 5.74) is 2.60. The van der Waals surface area contributed by atoms with Gasteiger partial charge in [-0.3, -0.25) is 9.48 Å². The van der Waals surface area contributed by atoms with Crippen molar-refractivity contribution in [1.29, 1.82) is 0 Å². The van der Waals surface area contributed by atoms with Crippen LogP contribution in [0.2, 0.25) is 0 Å². The Hall–Kier alpha value is -2.52. The number of rotatable bonds is 9. The van der Waals surface area contributed by atoms with E-state index in [0.29, 0.717) is 31.0 Å². The molecule has 0 aromatic carbocycles. The van der Waals surface area contributed by atoms with Crippen molar-refractivity contribution in [3.8, 4) is 17.1 Å². The lowest BCUT2D eigenvalue weighted by Gasteiger charge is -2.29. The van der Waals surface area contributed by atoms with Crippen LogP contribution >= 0.6 is 0 Å². The third-order valence-corrected chi connectivity index (χ3v) is 6.62. The zero-order valence-corrected chi connectivity index (χ0v) is 21.4. The van der Waals surface area contributed by atoms with Gasteiger partial charge in [-0.15, -0.1) is 0 Å². The normalized spacial score (nSPS) is 22.8. The molecule has 2 aliphatic rings. The summed E-state index contributed by atoms with van der Waals surface area (Å²) in [7, 11) is 1.89. The van der Waals surface area contributed by atoms with E-state index in [0.717, 1.165) is 62.1 Å². The number of esters is 1. The molecule has 2 fully saturated rings. The molecule has 1 saturated carbocycles. The Bertz CT molecular complexity index is 986. The highest BCUT2D eigenvalue weighted by atomic mass is 16.7. The number of aryl methyl sites for hydroxylation is 2. The molecular weight excluding hydrogens is 448 g/mol. The van der Waals surface area contributed by atoms with Crippen molar-refractivity contribution in [3.05, 3.63) is 23.8 Å². The minimum absolute atomic E-state index is 0.0499. The molecule has 9 nitrogen and oxygen atoms in total. The van der Waals surface area contributed by atoms with Gasteiger partial charge in [-0.25, -0.2) is 9.97 Å². The summed E-state index contributed by atoms with van der Waals surface area (Å²) < 4.78 is 25.2. The Kier molecular flexibility index (Phi) is 8.73. The molecule has 3 heterocycles. The second kappa shape index (κ2) is 11.9. The molecule has 3 atom stereocenters. The zero-order chi connectivity index (χ0) is 24.8. The van der Waals surface area contributed by atoms with E-state index in [9.17, 15) is 4.79 Å². The third-order valence-electron chi connectivity index (χ3n) is 6.62. The van der Waals surface area contributed by atoms with E-state index in [1.807, 2.05) is 20.9 Å². The second-order valence-electron chi connectivity index (χ2n) is 9.68. The number of carbonyl (C=O) groups excluding carboxylic acids is 1. The van der Waals surface area contributed by atoms with Crippen LogP contribution in [0.1, 0.15) is 77.1 Å². The Morgan fingerprint density at radius 3 is 2.80 bits per heavy atom. The number of ether oxygens (including phenoxy) is 4. The van der Waals surface area contributed by atoms with E-state index >= 15 is 0 Å². The van der Waals surface area contributed by atoms with Gasteiger partial charge in [0.2, 0.25) is 0 Å². The average molecular weight is 487 g/mol. The van der Waals surface area contributed by atoms with Crippen molar-refractivity contribution >= 4 is 5.97 Å². The fourth-order valence-corrected chi connectivity index (χ4v) is 4.70. The third kappa shape index (κ3) is 6.58. The lowest BCUT2D eigenvalue weighted by Crippen LogP contribution is -2.32. The molecule has 1 saturated heterocycles. The molecule has 0 spiro atoms. The monoisotopic (exact) mass is 486 g/mol. The van der Waals surface area contributed by atoms with Crippen molar-refractivity contribution in [2.75, 3.05) is 6.61 Å². The van der Waals surface area contributed by atoms with Gasteiger partial charge < -0.3 is 18.9 Å². The smallest absolute Gasteiger partial charge is 0.309 e. The Balaban J connectivity index is 1.45. The van der Waals surface area contributed by atoms with E-state index in [1.54, 1.807) is 17.1 Å². The van der Waals surface area contributed by atoms with Crippen molar-refractivity contribution in [1.82, 2.24) is 19.7 Å². The quantitative estimate of drug-likeness (QED) is 0.482. The van der Waals surface area contributed by atoms with E-state index in [4.69, 9.17) is 23.9 Å². The molecule has 4 rings (SSSR count). The van der Waals surface area contributed by atoms with E-state index in [1.165, 1.54) is 0 Å². The summed E-state index contributed by atoms with van der Waals surface area (Å²) in [6, 6.07) is 0. The standard InChI is InChI=1S/C26H38N4O5/c1-5-21-23(35-19-10-8-9-18(13-19)26(31)34-17(2)3)15-27-25(29-21)20-14-28-30(4)22(20)16-33-24-11-6-7-12-32-24/h14-15,17-19,24H,5-13,16H2,1-4H3. The number of aromatic nitrogens is 4. The van der Waals surface area contributed by atoms with E-state index < -0.39 is 0 Å². The molecule has 0 amide bonds. The predicted molar refractivity (Wildman–Crippen MR) is 130 cm³/mol. The summed E-state index contributed by atoms with van der Waals surface area (Å²) in [5, 5.41) is 4.41. The largest absolute Gasteiger partial charge is 0.487 e. The maximum absolute atomic E-state index is 12.4. The molecule has 35 heavy (non-hydrogen) atoms. The molecule has 0 radical (unpaired) electrons. The highest BCUT2D eigenvalue weighted by Crippen LogP contribution is 2.31. The molecule has 2 aromatic heterocycles. The van der Waals surface area contributed by atoms with Crippen LogP contribution in [0.3, 0.4) is 0 Å². The fourth-order valence-electron chi connectivity index (χ4n) is 4.70.